The maximum Gasteiger partial charge on any atom is 0.441 e. The van der Waals surface area contributed by atoms with Crippen LogP contribution in [-0.2, 0) is 0 Å². The maximum absolute atomic E-state index is 10.7. The summed E-state index contributed by atoms with van der Waals surface area (Å²) in [5, 5.41) is 14.5. The van der Waals surface area contributed by atoms with Crippen molar-refractivity contribution >= 4 is 79.9 Å². The minimum absolute atomic E-state index is 0.0227. The predicted molar refractivity (Wildman–Crippen MR) is 231 cm³/mol. The second-order valence-corrected chi connectivity index (χ2v) is 14.9. The largest absolute Gasteiger partial charge is 0.441 e. The van der Waals surface area contributed by atoms with Crippen molar-refractivity contribution in [1.82, 2.24) is 0 Å². The van der Waals surface area contributed by atoms with Crippen LogP contribution in [0.3, 0.4) is 0 Å². The van der Waals surface area contributed by atoms with E-state index in [9.17, 15) is 13.2 Å². The number of hydrogen-bond acceptors (Lipinski definition) is 4. The first-order chi connectivity index (χ1) is 26.4. The molecule has 55 heavy (non-hydrogen) atoms. The number of alkyl halides is 3. The number of nitrogens with one attached hydrogen (secondary N) is 3. The molecule has 0 heterocycles. The molecule has 7 rings (SSSR count). The summed E-state index contributed by atoms with van der Waals surface area (Å²) in [6.45, 7) is 6.49. The lowest BCUT2D eigenvalue weighted by atomic mass is 9.82. The zero-order valence-electron chi connectivity index (χ0n) is 30.7. The van der Waals surface area contributed by atoms with Gasteiger partial charge >= 0.3 is 5.51 Å². The van der Waals surface area contributed by atoms with E-state index in [1.54, 1.807) is 0 Å². The summed E-state index contributed by atoms with van der Waals surface area (Å²) in [6.07, 6.45) is 1.00. The number of hydrogen-bond donors (Lipinski definition) is 3. The van der Waals surface area contributed by atoms with Gasteiger partial charge in [-0.25, -0.2) is 0 Å². The summed E-state index contributed by atoms with van der Waals surface area (Å²) >= 11 is 12.8. The van der Waals surface area contributed by atoms with Gasteiger partial charge < -0.3 is 16.0 Å². The van der Waals surface area contributed by atoms with Gasteiger partial charge in [0, 0.05) is 34.1 Å². The first-order valence-corrected chi connectivity index (χ1v) is 19.6. The summed E-state index contributed by atoms with van der Waals surface area (Å²) in [6, 6.07) is 50.6. The zero-order chi connectivity index (χ0) is 39.1. The van der Waals surface area contributed by atoms with Crippen molar-refractivity contribution in [2.45, 2.75) is 32.2 Å². The molecule has 0 unspecified atom stereocenters. The van der Waals surface area contributed by atoms with Gasteiger partial charge in [-0.1, -0.05) is 132 Å². The molecule has 0 aliphatic carbocycles. The summed E-state index contributed by atoms with van der Waals surface area (Å²) < 4.78 is 32.2. The molecule has 0 saturated heterocycles. The van der Waals surface area contributed by atoms with Crippen LogP contribution in [0.1, 0.15) is 39.3 Å². The van der Waals surface area contributed by atoms with Crippen molar-refractivity contribution in [3.05, 3.63) is 189 Å². The Labute approximate surface area is 334 Å². The van der Waals surface area contributed by atoms with Crippen LogP contribution in [0.15, 0.2) is 146 Å². The zero-order valence-corrected chi connectivity index (χ0v) is 33.1. The fourth-order valence-electron chi connectivity index (χ4n) is 6.70. The number of rotatable bonds is 9. The van der Waals surface area contributed by atoms with E-state index in [1.165, 1.54) is 44.2 Å². The highest BCUT2D eigenvalue weighted by atomic mass is 35.5. The Morgan fingerprint density at radius 3 is 1.42 bits per heavy atom. The SMILES string of the molecule is CSC(F)(F)F.Cc1cc(C)c(Nc2ccc(C(c3ccc(Nc4ccccc4Cl)cc3)c3ccc(Nc4ccccc4Cl)cc3)c3ccccc23)c(C)c1. The lowest BCUT2D eigenvalue weighted by Crippen LogP contribution is -2.06. The predicted octanol–water partition coefficient (Wildman–Crippen LogP) is 15.4. The second kappa shape index (κ2) is 17.6. The Bertz CT molecular complexity index is 2280. The third-order valence-electron chi connectivity index (χ3n) is 9.23. The smallest absolute Gasteiger partial charge is 0.355 e. The van der Waals surface area contributed by atoms with Gasteiger partial charge in [0.15, 0.2) is 0 Å². The second-order valence-electron chi connectivity index (χ2n) is 13.2. The molecular formula is C46H40Cl2F3N3S. The number of anilines is 6. The van der Waals surface area contributed by atoms with Crippen LogP contribution in [0.5, 0.6) is 0 Å². The molecule has 0 saturated carbocycles. The van der Waals surface area contributed by atoms with Crippen LogP contribution in [0.4, 0.5) is 47.3 Å². The lowest BCUT2D eigenvalue weighted by Gasteiger charge is -2.23. The molecule has 0 radical (unpaired) electrons. The van der Waals surface area contributed by atoms with Crippen LogP contribution in [0.25, 0.3) is 10.8 Å². The third-order valence-corrected chi connectivity index (χ3v) is 10.4. The maximum atomic E-state index is 10.7. The van der Waals surface area contributed by atoms with Crippen LogP contribution in [0.2, 0.25) is 10.0 Å². The molecule has 3 N–H and O–H groups in total. The van der Waals surface area contributed by atoms with E-state index in [0.29, 0.717) is 10.0 Å². The quantitative estimate of drug-likeness (QED) is 0.127. The van der Waals surface area contributed by atoms with Crippen molar-refractivity contribution < 1.29 is 13.2 Å². The highest BCUT2D eigenvalue weighted by Crippen LogP contribution is 2.41. The number of aryl methyl sites for hydroxylation is 3. The molecule has 7 aromatic carbocycles. The number of halogens is 5. The van der Waals surface area contributed by atoms with Gasteiger partial charge in [0.1, 0.15) is 0 Å². The van der Waals surface area contributed by atoms with Crippen molar-refractivity contribution in [2.24, 2.45) is 0 Å². The minimum atomic E-state index is -4.04. The third kappa shape index (κ3) is 9.97. The topological polar surface area (TPSA) is 36.1 Å². The summed E-state index contributed by atoms with van der Waals surface area (Å²) in [5.74, 6) is -0.0227. The Hall–Kier alpha value is -5.08. The Morgan fingerprint density at radius 2 is 0.964 bits per heavy atom. The number of para-hydroxylation sites is 2. The summed E-state index contributed by atoms with van der Waals surface area (Å²) in [4.78, 5) is 0. The van der Waals surface area contributed by atoms with E-state index in [-0.39, 0.29) is 17.7 Å². The van der Waals surface area contributed by atoms with Gasteiger partial charge in [-0.2, -0.15) is 13.2 Å². The number of thioether (sulfide) groups is 1. The molecule has 0 amide bonds. The van der Waals surface area contributed by atoms with Gasteiger partial charge in [0.2, 0.25) is 0 Å². The Balaban J connectivity index is 0.000000794. The van der Waals surface area contributed by atoms with Crippen LogP contribution in [0, 0.1) is 20.8 Å². The number of fused-ring (bicyclic) bond motifs is 1. The molecule has 0 atom stereocenters. The van der Waals surface area contributed by atoms with Crippen molar-refractivity contribution in [1.29, 1.82) is 0 Å². The molecular weight excluding hydrogens is 754 g/mol. The van der Waals surface area contributed by atoms with E-state index in [1.807, 2.05) is 48.5 Å². The highest BCUT2D eigenvalue weighted by molar-refractivity contribution is 7.99. The molecule has 0 aromatic heterocycles. The van der Waals surface area contributed by atoms with Gasteiger partial charge in [-0.05, 0) is 115 Å². The molecule has 7 aromatic rings. The Kier molecular flexibility index (Phi) is 12.7. The minimum Gasteiger partial charge on any atom is -0.355 e. The summed E-state index contributed by atoms with van der Waals surface area (Å²) in [5.41, 5.74) is 9.26. The fraction of sp³-hybridized carbons (Fsp3) is 0.130. The van der Waals surface area contributed by atoms with Gasteiger partial charge in [0.25, 0.3) is 0 Å². The van der Waals surface area contributed by atoms with Crippen LogP contribution >= 0.6 is 35.0 Å². The van der Waals surface area contributed by atoms with Crippen LogP contribution < -0.4 is 16.0 Å². The van der Waals surface area contributed by atoms with Gasteiger partial charge in [-0.3, -0.25) is 0 Å². The van der Waals surface area contributed by atoms with E-state index in [4.69, 9.17) is 23.2 Å². The average Bonchev–Trinajstić information content (AvgIpc) is 3.17. The van der Waals surface area contributed by atoms with Crippen molar-refractivity contribution in [3.8, 4) is 0 Å². The van der Waals surface area contributed by atoms with Crippen molar-refractivity contribution in [3.63, 3.8) is 0 Å². The average molecular weight is 795 g/mol. The first-order valence-electron chi connectivity index (χ1n) is 17.6. The van der Waals surface area contributed by atoms with Gasteiger partial charge in [0.05, 0.1) is 21.4 Å². The molecule has 280 valence electrons. The highest BCUT2D eigenvalue weighted by Gasteiger charge is 2.24. The van der Waals surface area contributed by atoms with Gasteiger partial charge in [-0.15, -0.1) is 0 Å². The van der Waals surface area contributed by atoms with E-state index < -0.39 is 5.51 Å². The fourth-order valence-corrected chi connectivity index (χ4v) is 7.07. The van der Waals surface area contributed by atoms with E-state index >= 15 is 0 Å². The molecule has 0 aliphatic rings. The molecule has 0 aliphatic heterocycles. The standard InChI is InChI=1S/C44H37Cl2N3.C2H3F3S/c1-28-26-29(2)44(30(3)27-28)49-40-25-24-37(35-10-4-5-11-36(35)40)43(31-16-20-33(21-17-31)47-41-14-8-6-12-38(41)45)32-18-22-34(23-19-32)48-42-15-9-7-13-39(42)46;1-6-2(3,4)5/h4-27,43,47-49H,1-3H3;1H3. The van der Waals surface area contributed by atoms with E-state index in [0.717, 1.165) is 40.4 Å². The monoisotopic (exact) mass is 793 g/mol. The summed E-state index contributed by atoms with van der Waals surface area (Å²) in [7, 11) is 0. The van der Waals surface area contributed by atoms with Crippen LogP contribution in [-0.4, -0.2) is 11.8 Å². The normalized spacial score (nSPS) is 11.2. The Morgan fingerprint density at radius 1 is 0.527 bits per heavy atom. The number of benzene rings is 7. The molecule has 3 nitrogen and oxygen atoms in total. The van der Waals surface area contributed by atoms with Crippen molar-refractivity contribution in [2.75, 3.05) is 22.2 Å². The molecule has 0 fully saturated rings. The van der Waals surface area contributed by atoms with E-state index in [2.05, 4.69) is 134 Å². The first kappa shape index (κ1) is 39.6. The molecule has 0 spiro atoms. The molecule has 9 heteroatoms. The molecule has 0 bridgehead atoms. The lowest BCUT2D eigenvalue weighted by molar-refractivity contribution is -0.0323.